The Morgan fingerprint density at radius 3 is 3.00 bits per heavy atom. The first-order valence-corrected chi connectivity index (χ1v) is 6.70. The van der Waals surface area contributed by atoms with Crippen LogP contribution in [0.15, 0.2) is 30.5 Å². The number of benzene rings is 1. The molecule has 2 aromatic rings. The van der Waals surface area contributed by atoms with Crippen molar-refractivity contribution in [1.29, 1.82) is 0 Å². The number of aliphatic hydroxyl groups excluding tert-OH is 1. The van der Waals surface area contributed by atoms with E-state index in [2.05, 4.69) is 17.2 Å². The van der Waals surface area contributed by atoms with Crippen molar-refractivity contribution in [3.8, 4) is 0 Å². The van der Waals surface area contributed by atoms with Crippen LogP contribution < -0.4 is 5.32 Å². The summed E-state index contributed by atoms with van der Waals surface area (Å²) in [5.74, 6) is 0.282. The van der Waals surface area contributed by atoms with Crippen molar-refractivity contribution >= 4 is 16.8 Å². The smallest absolute Gasteiger partial charge is 0.251 e. The summed E-state index contributed by atoms with van der Waals surface area (Å²) in [6.07, 6.45) is 3.55. The van der Waals surface area contributed by atoms with Gasteiger partial charge in [0.25, 0.3) is 5.91 Å². The van der Waals surface area contributed by atoms with Gasteiger partial charge in [0.2, 0.25) is 0 Å². The van der Waals surface area contributed by atoms with Crippen LogP contribution in [-0.4, -0.2) is 29.1 Å². The predicted molar refractivity (Wildman–Crippen MR) is 76.1 cm³/mol. The molecule has 0 saturated heterocycles. The summed E-state index contributed by atoms with van der Waals surface area (Å²) in [4.78, 5) is 15.2. The van der Waals surface area contributed by atoms with E-state index in [1.807, 2.05) is 30.5 Å². The lowest BCUT2D eigenvalue weighted by molar-refractivity contribution is 0.0943. The standard InChI is InChI=1S/C15H20N2O2/c1-2-11(6-8-18)10-17-15(19)13-3-4-14-12(9-13)5-7-16-14/h3-5,7,9,11,16,18H,2,6,8,10H2,1H3,(H,17,19). The molecule has 0 saturated carbocycles. The van der Waals surface area contributed by atoms with E-state index >= 15 is 0 Å². The summed E-state index contributed by atoms with van der Waals surface area (Å²) >= 11 is 0. The van der Waals surface area contributed by atoms with Gasteiger partial charge in [-0.15, -0.1) is 0 Å². The van der Waals surface area contributed by atoms with Gasteiger partial charge in [-0.3, -0.25) is 4.79 Å². The van der Waals surface area contributed by atoms with Gasteiger partial charge < -0.3 is 15.4 Å². The normalized spacial score (nSPS) is 12.5. The lowest BCUT2D eigenvalue weighted by Crippen LogP contribution is -2.29. The van der Waals surface area contributed by atoms with Crippen molar-refractivity contribution < 1.29 is 9.90 Å². The van der Waals surface area contributed by atoms with Crippen molar-refractivity contribution in [2.75, 3.05) is 13.2 Å². The van der Waals surface area contributed by atoms with E-state index in [1.165, 1.54) is 0 Å². The summed E-state index contributed by atoms with van der Waals surface area (Å²) in [5.41, 5.74) is 1.70. The van der Waals surface area contributed by atoms with Crippen molar-refractivity contribution in [2.24, 2.45) is 5.92 Å². The van der Waals surface area contributed by atoms with Crippen LogP contribution in [0.1, 0.15) is 30.1 Å². The molecule has 1 unspecified atom stereocenters. The first-order chi connectivity index (χ1) is 9.24. The number of aliphatic hydroxyl groups is 1. The molecule has 3 N–H and O–H groups in total. The van der Waals surface area contributed by atoms with Crippen LogP contribution in [0, 0.1) is 5.92 Å². The third-order valence-electron chi connectivity index (χ3n) is 3.48. The predicted octanol–water partition coefficient (Wildman–Crippen LogP) is 2.31. The largest absolute Gasteiger partial charge is 0.396 e. The SMILES string of the molecule is CCC(CCO)CNC(=O)c1ccc2[nH]ccc2c1. The lowest BCUT2D eigenvalue weighted by atomic mass is 10.0. The topological polar surface area (TPSA) is 65.1 Å². The van der Waals surface area contributed by atoms with Crippen molar-refractivity contribution in [3.63, 3.8) is 0 Å². The molecule has 0 aliphatic rings. The lowest BCUT2D eigenvalue weighted by Gasteiger charge is -2.14. The summed E-state index contributed by atoms with van der Waals surface area (Å²) in [7, 11) is 0. The fraction of sp³-hybridized carbons (Fsp3) is 0.400. The highest BCUT2D eigenvalue weighted by Crippen LogP contribution is 2.14. The molecule has 1 heterocycles. The molecule has 102 valence electrons. The molecule has 1 aromatic carbocycles. The maximum atomic E-state index is 12.1. The van der Waals surface area contributed by atoms with E-state index in [1.54, 1.807) is 0 Å². The molecule has 19 heavy (non-hydrogen) atoms. The Hall–Kier alpha value is -1.81. The van der Waals surface area contributed by atoms with E-state index in [-0.39, 0.29) is 12.5 Å². The van der Waals surface area contributed by atoms with Gasteiger partial charge in [0.1, 0.15) is 0 Å². The minimum Gasteiger partial charge on any atom is -0.396 e. The molecule has 4 heteroatoms. The Morgan fingerprint density at radius 2 is 2.26 bits per heavy atom. The fourth-order valence-corrected chi connectivity index (χ4v) is 2.17. The maximum absolute atomic E-state index is 12.1. The van der Waals surface area contributed by atoms with Crippen LogP contribution in [0.25, 0.3) is 10.9 Å². The van der Waals surface area contributed by atoms with Crippen molar-refractivity contribution in [2.45, 2.75) is 19.8 Å². The minimum absolute atomic E-state index is 0.0560. The molecular weight excluding hydrogens is 240 g/mol. The molecular formula is C15H20N2O2. The molecule has 1 amide bonds. The number of H-pyrrole nitrogens is 1. The molecule has 1 aromatic heterocycles. The van der Waals surface area contributed by atoms with E-state index in [4.69, 9.17) is 5.11 Å². The average Bonchev–Trinajstić information content (AvgIpc) is 2.90. The molecule has 4 nitrogen and oxygen atoms in total. The molecule has 0 radical (unpaired) electrons. The third-order valence-corrected chi connectivity index (χ3v) is 3.48. The van der Waals surface area contributed by atoms with Gasteiger partial charge in [-0.2, -0.15) is 0 Å². The fourth-order valence-electron chi connectivity index (χ4n) is 2.17. The van der Waals surface area contributed by atoms with E-state index in [0.717, 1.165) is 23.7 Å². The van der Waals surface area contributed by atoms with Gasteiger partial charge in [0.05, 0.1) is 0 Å². The van der Waals surface area contributed by atoms with E-state index in [0.29, 0.717) is 18.0 Å². The number of carbonyl (C=O) groups is 1. The second-order valence-electron chi connectivity index (χ2n) is 4.78. The van der Waals surface area contributed by atoms with Gasteiger partial charge in [0, 0.05) is 35.8 Å². The summed E-state index contributed by atoms with van der Waals surface area (Å²) in [5, 5.41) is 12.9. The van der Waals surface area contributed by atoms with Gasteiger partial charge in [0.15, 0.2) is 0 Å². The number of aromatic nitrogens is 1. The molecule has 1 atom stereocenters. The highest BCUT2D eigenvalue weighted by atomic mass is 16.3. The second-order valence-corrected chi connectivity index (χ2v) is 4.78. The Balaban J connectivity index is 1.98. The highest BCUT2D eigenvalue weighted by molar-refractivity contribution is 5.98. The second kappa shape index (κ2) is 6.38. The first-order valence-electron chi connectivity index (χ1n) is 6.70. The molecule has 0 bridgehead atoms. The molecule has 0 aliphatic heterocycles. The Morgan fingerprint density at radius 1 is 1.42 bits per heavy atom. The number of carbonyl (C=O) groups excluding carboxylic acids is 1. The number of rotatable bonds is 6. The number of amides is 1. The van der Waals surface area contributed by atoms with E-state index < -0.39 is 0 Å². The van der Waals surface area contributed by atoms with Gasteiger partial charge >= 0.3 is 0 Å². The zero-order chi connectivity index (χ0) is 13.7. The van der Waals surface area contributed by atoms with Gasteiger partial charge in [-0.05, 0) is 36.6 Å². The number of aromatic amines is 1. The quantitative estimate of drug-likeness (QED) is 0.746. The van der Waals surface area contributed by atoms with Gasteiger partial charge in [-0.25, -0.2) is 0 Å². The van der Waals surface area contributed by atoms with E-state index in [9.17, 15) is 4.79 Å². The number of hydrogen-bond donors (Lipinski definition) is 3. The Kier molecular flexibility index (Phi) is 4.58. The number of nitrogens with one attached hydrogen (secondary N) is 2. The van der Waals surface area contributed by atoms with Crippen LogP contribution in [-0.2, 0) is 0 Å². The number of fused-ring (bicyclic) bond motifs is 1. The van der Waals surface area contributed by atoms with Crippen LogP contribution in [0.2, 0.25) is 0 Å². The van der Waals surface area contributed by atoms with Crippen molar-refractivity contribution in [3.05, 3.63) is 36.0 Å². The Bertz CT molecular complexity index is 548. The van der Waals surface area contributed by atoms with Crippen LogP contribution in [0.4, 0.5) is 0 Å². The van der Waals surface area contributed by atoms with Crippen LogP contribution in [0.3, 0.4) is 0 Å². The summed E-state index contributed by atoms with van der Waals surface area (Å²) in [6.45, 7) is 2.85. The highest BCUT2D eigenvalue weighted by Gasteiger charge is 2.10. The minimum atomic E-state index is -0.0560. The Labute approximate surface area is 112 Å². The first kappa shape index (κ1) is 13.6. The monoisotopic (exact) mass is 260 g/mol. The molecule has 2 rings (SSSR count). The number of hydrogen-bond acceptors (Lipinski definition) is 2. The molecule has 0 fully saturated rings. The third kappa shape index (κ3) is 3.35. The van der Waals surface area contributed by atoms with Crippen LogP contribution >= 0.6 is 0 Å². The maximum Gasteiger partial charge on any atom is 0.251 e. The molecule has 0 aliphatic carbocycles. The van der Waals surface area contributed by atoms with Gasteiger partial charge in [-0.1, -0.05) is 13.3 Å². The average molecular weight is 260 g/mol. The van der Waals surface area contributed by atoms with Crippen LogP contribution in [0.5, 0.6) is 0 Å². The summed E-state index contributed by atoms with van der Waals surface area (Å²) in [6, 6.07) is 7.57. The zero-order valence-corrected chi connectivity index (χ0v) is 11.1. The van der Waals surface area contributed by atoms with Crippen molar-refractivity contribution in [1.82, 2.24) is 10.3 Å². The molecule has 0 spiro atoms. The zero-order valence-electron chi connectivity index (χ0n) is 11.1. The summed E-state index contributed by atoms with van der Waals surface area (Å²) < 4.78 is 0.